The minimum atomic E-state index is -4.73. The van der Waals surface area contributed by atoms with Gasteiger partial charge in [-0.1, -0.05) is 0 Å². The van der Waals surface area contributed by atoms with Crippen LogP contribution >= 0.6 is 0 Å². The molecule has 5 nitrogen and oxygen atoms in total. The first-order valence-electron chi connectivity index (χ1n) is 6.51. The molecule has 0 atom stereocenters. The van der Waals surface area contributed by atoms with Gasteiger partial charge in [0, 0.05) is 0 Å². The maximum Gasteiger partial charge on any atom is 0.418 e. The number of hydrogen-bond acceptors (Lipinski definition) is 5. The molecule has 0 saturated heterocycles. The molecule has 118 valence electrons. The fourth-order valence-electron chi connectivity index (χ4n) is 2.35. The number of anilines is 1. The maximum atomic E-state index is 12.9. The van der Waals surface area contributed by atoms with E-state index in [1.54, 1.807) is 0 Å². The Morgan fingerprint density at radius 2 is 1.71 bits per heavy atom. The van der Waals surface area contributed by atoms with Crippen LogP contribution < -0.4 is 9.96 Å². The molecule has 0 aromatic heterocycles. The van der Waals surface area contributed by atoms with E-state index in [1.807, 2.05) is 0 Å². The van der Waals surface area contributed by atoms with Gasteiger partial charge in [-0.3, -0.25) is 10.4 Å². The van der Waals surface area contributed by atoms with E-state index in [2.05, 4.69) is 0 Å². The Morgan fingerprint density at radius 1 is 1.10 bits per heavy atom. The quantitative estimate of drug-likeness (QED) is 0.749. The highest BCUT2D eigenvalue weighted by molar-refractivity contribution is 5.54. The average Bonchev–Trinajstić information content (AvgIpc) is 2.40. The van der Waals surface area contributed by atoms with Gasteiger partial charge < -0.3 is 9.84 Å². The number of aliphatic hydroxyl groups is 1. The first kappa shape index (κ1) is 15.9. The van der Waals surface area contributed by atoms with Crippen molar-refractivity contribution >= 4 is 5.69 Å². The molecular weight excluding hydrogens is 291 g/mol. The fourth-order valence-corrected chi connectivity index (χ4v) is 2.35. The van der Waals surface area contributed by atoms with Crippen molar-refractivity contribution in [2.24, 2.45) is 0 Å². The minimum Gasteiger partial charge on any atom is -0.490 e. The van der Waals surface area contributed by atoms with E-state index in [0.29, 0.717) is 25.7 Å². The molecule has 1 fully saturated rings. The topological polar surface area (TPSA) is 73.2 Å². The third kappa shape index (κ3) is 3.99. The van der Waals surface area contributed by atoms with Gasteiger partial charge in [-0.15, -0.1) is 5.23 Å². The molecule has 0 spiro atoms. The van der Waals surface area contributed by atoms with Crippen molar-refractivity contribution in [2.45, 2.75) is 44.1 Å². The van der Waals surface area contributed by atoms with E-state index >= 15 is 0 Å². The molecule has 8 heteroatoms. The molecule has 0 unspecified atom stereocenters. The smallest absolute Gasteiger partial charge is 0.418 e. The first-order valence-corrected chi connectivity index (χ1v) is 6.51. The van der Waals surface area contributed by atoms with Crippen LogP contribution in [-0.2, 0) is 6.18 Å². The minimum absolute atomic E-state index is 0.00862. The van der Waals surface area contributed by atoms with Gasteiger partial charge in [0.15, 0.2) is 0 Å². The number of ether oxygens (including phenoxy) is 1. The van der Waals surface area contributed by atoms with Crippen molar-refractivity contribution in [3.63, 3.8) is 0 Å². The Hall–Kier alpha value is -1.51. The van der Waals surface area contributed by atoms with Gasteiger partial charge in [-0.25, -0.2) is 0 Å². The summed E-state index contributed by atoms with van der Waals surface area (Å²) in [6, 6.07) is 2.91. The van der Waals surface area contributed by atoms with Crippen LogP contribution in [0.1, 0.15) is 31.2 Å². The van der Waals surface area contributed by atoms with Gasteiger partial charge in [-0.05, 0) is 43.9 Å². The van der Waals surface area contributed by atoms with E-state index in [0.717, 1.165) is 12.1 Å². The zero-order valence-electron chi connectivity index (χ0n) is 11.0. The molecule has 0 amide bonds. The largest absolute Gasteiger partial charge is 0.490 e. The van der Waals surface area contributed by atoms with Crippen molar-refractivity contribution in [3.8, 4) is 5.75 Å². The van der Waals surface area contributed by atoms with E-state index < -0.39 is 22.7 Å². The standard InChI is InChI=1S/C13H16F3NO4/c14-13(15,16)11-7-10(5-6-12(11)17(19)20)21-9-3-1-8(18)2-4-9/h5-9,18-20H,1-4H2. The lowest BCUT2D eigenvalue weighted by Crippen LogP contribution is -2.26. The number of rotatable bonds is 3. The van der Waals surface area contributed by atoms with Crippen molar-refractivity contribution in [1.82, 2.24) is 0 Å². The molecule has 0 bridgehead atoms. The SMILES string of the molecule is OC1CCC(Oc2ccc(N(O)O)c(C(F)(F)F)c2)CC1. The van der Waals surface area contributed by atoms with Gasteiger partial charge >= 0.3 is 6.18 Å². The second-order valence-electron chi connectivity index (χ2n) is 5.01. The summed E-state index contributed by atoms with van der Waals surface area (Å²) in [5.74, 6) is 0.00862. The molecule has 3 N–H and O–H groups in total. The Balaban J connectivity index is 2.18. The monoisotopic (exact) mass is 307 g/mol. The molecule has 1 aromatic carbocycles. The summed E-state index contributed by atoms with van der Waals surface area (Å²) in [7, 11) is 0. The van der Waals surface area contributed by atoms with Crippen molar-refractivity contribution in [1.29, 1.82) is 0 Å². The van der Waals surface area contributed by atoms with Gasteiger partial charge in [0.05, 0.1) is 17.8 Å². The molecule has 1 aliphatic rings. The average molecular weight is 307 g/mol. The Labute approximate surface area is 119 Å². The molecule has 0 radical (unpaired) electrons. The Kier molecular flexibility index (Phi) is 4.60. The van der Waals surface area contributed by atoms with E-state index in [1.165, 1.54) is 6.07 Å². The van der Waals surface area contributed by atoms with Crippen LogP contribution in [0.15, 0.2) is 18.2 Å². The molecule has 0 aliphatic heterocycles. The summed E-state index contributed by atoms with van der Waals surface area (Å²) in [6.45, 7) is 0. The van der Waals surface area contributed by atoms with Crippen LogP contribution in [0.5, 0.6) is 5.75 Å². The van der Waals surface area contributed by atoms with E-state index in [9.17, 15) is 18.3 Å². The molecule has 1 saturated carbocycles. The van der Waals surface area contributed by atoms with Gasteiger partial charge in [0.25, 0.3) is 0 Å². The van der Waals surface area contributed by atoms with Crippen LogP contribution in [0.3, 0.4) is 0 Å². The molecule has 0 heterocycles. The lowest BCUT2D eigenvalue weighted by atomic mass is 9.95. The molecule has 1 aliphatic carbocycles. The van der Waals surface area contributed by atoms with Gasteiger partial charge in [0.1, 0.15) is 11.4 Å². The second-order valence-corrected chi connectivity index (χ2v) is 5.01. The summed E-state index contributed by atoms with van der Waals surface area (Å²) in [5.41, 5.74) is -1.96. The fraction of sp³-hybridized carbons (Fsp3) is 0.538. The zero-order chi connectivity index (χ0) is 15.6. The van der Waals surface area contributed by atoms with Crippen LogP contribution in [0.25, 0.3) is 0 Å². The summed E-state index contributed by atoms with van der Waals surface area (Å²) < 4.78 is 44.1. The first-order chi connectivity index (χ1) is 9.77. The lowest BCUT2D eigenvalue weighted by Gasteiger charge is -2.26. The number of benzene rings is 1. The van der Waals surface area contributed by atoms with Crippen molar-refractivity contribution in [2.75, 3.05) is 5.23 Å². The molecule has 21 heavy (non-hydrogen) atoms. The zero-order valence-corrected chi connectivity index (χ0v) is 11.0. The number of halogens is 3. The third-order valence-corrected chi connectivity index (χ3v) is 3.44. The molecule has 1 aromatic rings. The highest BCUT2D eigenvalue weighted by Crippen LogP contribution is 2.38. The summed E-state index contributed by atoms with van der Waals surface area (Å²) >= 11 is 0. The lowest BCUT2D eigenvalue weighted by molar-refractivity contribution is -0.138. The summed E-state index contributed by atoms with van der Waals surface area (Å²) in [6.07, 6.45) is -3.13. The van der Waals surface area contributed by atoms with Gasteiger partial charge in [-0.2, -0.15) is 13.2 Å². The van der Waals surface area contributed by atoms with E-state index in [4.69, 9.17) is 15.2 Å². The maximum absolute atomic E-state index is 12.9. The number of aliphatic hydroxyl groups excluding tert-OH is 1. The van der Waals surface area contributed by atoms with Crippen LogP contribution in [0.2, 0.25) is 0 Å². The number of hydrogen-bond donors (Lipinski definition) is 3. The van der Waals surface area contributed by atoms with Crippen molar-refractivity contribution in [3.05, 3.63) is 23.8 Å². The Bertz CT molecular complexity index is 485. The Morgan fingerprint density at radius 3 is 2.24 bits per heavy atom. The summed E-state index contributed by atoms with van der Waals surface area (Å²) in [4.78, 5) is 0. The molecule has 2 rings (SSSR count). The van der Waals surface area contributed by atoms with E-state index in [-0.39, 0.29) is 18.0 Å². The normalized spacial score (nSPS) is 23.0. The predicted octanol–water partition coefficient (Wildman–Crippen LogP) is 2.97. The van der Waals surface area contributed by atoms with Gasteiger partial charge in [0.2, 0.25) is 0 Å². The van der Waals surface area contributed by atoms with Crippen LogP contribution in [0, 0.1) is 0 Å². The number of nitrogens with zero attached hydrogens (tertiary/aromatic N) is 1. The third-order valence-electron chi connectivity index (χ3n) is 3.44. The molecular formula is C13H16F3NO4. The number of alkyl halides is 3. The second kappa shape index (κ2) is 6.08. The van der Waals surface area contributed by atoms with Crippen LogP contribution in [0.4, 0.5) is 18.9 Å². The predicted molar refractivity (Wildman–Crippen MR) is 66.4 cm³/mol. The van der Waals surface area contributed by atoms with Crippen molar-refractivity contribution < 1.29 is 33.4 Å². The van der Waals surface area contributed by atoms with Crippen LogP contribution in [-0.4, -0.2) is 27.7 Å². The highest BCUT2D eigenvalue weighted by Gasteiger charge is 2.35. The summed E-state index contributed by atoms with van der Waals surface area (Å²) in [5, 5.41) is 26.5. The highest BCUT2D eigenvalue weighted by atomic mass is 19.4.